The fraction of sp³-hybridized carbons (Fsp3) is 0.526. The quantitative estimate of drug-likeness (QED) is 0.691. The maximum absolute atomic E-state index is 14.3. The second-order valence-electron chi connectivity index (χ2n) is 8.75. The second kappa shape index (κ2) is 6.76. The van der Waals surface area contributed by atoms with Crippen LogP contribution in [0.15, 0.2) is 23.4 Å². The van der Waals surface area contributed by atoms with Crippen molar-refractivity contribution in [2.75, 3.05) is 5.32 Å². The molecule has 0 aliphatic heterocycles. The molecule has 3 aliphatic rings. The van der Waals surface area contributed by atoms with Crippen molar-refractivity contribution in [3.05, 3.63) is 35.3 Å². The standard InChI is InChI=1S/C19H22F3N5O3S/c1-11-14(16(28)25-12-3-6-24-13(7-12)31(23,29)30)27(26-15(11)17(2,20)21)10-18-4-5-19(22,8-18)9-18/h3,6-7H,4-5,8-10H2,1-2H3,(H2,23,29,30)(H,24,25,28). The topological polar surface area (TPSA) is 120 Å². The summed E-state index contributed by atoms with van der Waals surface area (Å²) < 4.78 is 66.7. The molecule has 3 fully saturated rings. The molecule has 0 atom stereocenters. The Bertz CT molecular complexity index is 1170. The number of rotatable bonds is 6. The highest BCUT2D eigenvalue weighted by Crippen LogP contribution is 2.64. The molecular weight excluding hydrogens is 435 g/mol. The SMILES string of the molecule is Cc1c(C(C)(F)F)nn(CC23CCC(F)(C2)C3)c1C(=O)Nc1ccnc(S(N)(=O)=O)c1. The number of nitrogens with one attached hydrogen (secondary N) is 1. The van der Waals surface area contributed by atoms with Gasteiger partial charge in [-0.3, -0.25) is 9.48 Å². The van der Waals surface area contributed by atoms with Crippen LogP contribution in [-0.2, 0) is 22.5 Å². The van der Waals surface area contributed by atoms with Crippen LogP contribution in [0, 0.1) is 12.3 Å². The van der Waals surface area contributed by atoms with Crippen molar-refractivity contribution in [3.8, 4) is 0 Å². The van der Waals surface area contributed by atoms with E-state index in [1.165, 1.54) is 17.7 Å². The highest BCUT2D eigenvalue weighted by molar-refractivity contribution is 7.89. The zero-order valence-corrected chi connectivity index (χ0v) is 17.8. The van der Waals surface area contributed by atoms with Gasteiger partial charge in [0.15, 0.2) is 5.03 Å². The van der Waals surface area contributed by atoms with Gasteiger partial charge in [-0.15, -0.1) is 0 Å². The number of hydrogen-bond acceptors (Lipinski definition) is 5. The Morgan fingerprint density at radius 3 is 2.58 bits per heavy atom. The van der Waals surface area contributed by atoms with E-state index in [0.29, 0.717) is 32.6 Å². The predicted molar refractivity (Wildman–Crippen MR) is 105 cm³/mol. The summed E-state index contributed by atoms with van der Waals surface area (Å²) in [7, 11) is -4.10. The number of amides is 1. The monoisotopic (exact) mass is 457 g/mol. The molecule has 3 N–H and O–H groups in total. The summed E-state index contributed by atoms with van der Waals surface area (Å²) in [4.78, 5) is 16.7. The van der Waals surface area contributed by atoms with E-state index in [0.717, 1.165) is 12.3 Å². The van der Waals surface area contributed by atoms with Crippen LogP contribution in [0.4, 0.5) is 18.9 Å². The molecule has 31 heavy (non-hydrogen) atoms. The maximum atomic E-state index is 14.3. The fourth-order valence-electron chi connectivity index (χ4n) is 4.85. The molecule has 0 unspecified atom stereocenters. The van der Waals surface area contributed by atoms with Gasteiger partial charge in [0.25, 0.3) is 21.9 Å². The maximum Gasteiger partial charge on any atom is 0.289 e. The Balaban J connectivity index is 1.68. The van der Waals surface area contributed by atoms with Crippen LogP contribution in [0.1, 0.15) is 54.4 Å². The first-order chi connectivity index (χ1) is 14.2. The number of pyridine rings is 1. The van der Waals surface area contributed by atoms with Crippen molar-refractivity contribution >= 4 is 21.6 Å². The summed E-state index contributed by atoms with van der Waals surface area (Å²) >= 11 is 0. The third kappa shape index (κ3) is 3.93. The number of nitrogens with zero attached hydrogens (tertiary/aromatic N) is 3. The molecule has 12 heteroatoms. The van der Waals surface area contributed by atoms with Gasteiger partial charge < -0.3 is 5.32 Å². The predicted octanol–water partition coefficient (Wildman–Crippen LogP) is 2.88. The van der Waals surface area contributed by atoms with Crippen LogP contribution in [0.2, 0.25) is 0 Å². The van der Waals surface area contributed by atoms with E-state index < -0.39 is 43.7 Å². The Labute approximate surface area is 177 Å². The lowest BCUT2D eigenvalue weighted by molar-refractivity contribution is -0.00917. The molecule has 1 amide bonds. The Hall–Kier alpha value is -2.47. The molecule has 8 nitrogen and oxygen atoms in total. The molecule has 2 bridgehead atoms. The van der Waals surface area contributed by atoms with Crippen LogP contribution < -0.4 is 10.5 Å². The third-order valence-electron chi connectivity index (χ3n) is 6.08. The van der Waals surface area contributed by atoms with Crippen LogP contribution in [0.25, 0.3) is 0 Å². The number of alkyl halides is 3. The molecule has 0 radical (unpaired) electrons. The average Bonchev–Trinajstić information content (AvgIpc) is 3.22. The summed E-state index contributed by atoms with van der Waals surface area (Å²) in [6, 6.07) is 2.41. The molecule has 2 aromatic rings. The van der Waals surface area contributed by atoms with Gasteiger partial charge in [0.1, 0.15) is 17.1 Å². The fourth-order valence-corrected chi connectivity index (χ4v) is 5.35. The largest absolute Gasteiger partial charge is 0.321 e. The summed E-state index contributed by atoms with van der Waals surface area (Å²) in [5.74, 6) is -4.02. The number of carbonyl (C=O) groups is 1. The van der Waals surface area contributed by atoms with E-state index in [4.69, 9.17) is 5.14 Å². The molecule has 0 spiro atoms. The minimum Gasteiger partial charge on any atom is -0.321 e. The first kappa shape index (κ1) is 21.8. The summed E-state index contributed by atoms with van der Waals surface area (Å²) in [6.07, 6.45) is 2.81. The Kier molecular flexibility index (Phi) is 4.74. The number of primary sulfonamides is 1. The van der Waals surface area contributed by atoms with Crippen molar-refractivity contribution in [1.82, 2.24) is 14.8 Å². The van der Waals surface area contributed by atoms with Gasteiger partial charge in [0, 0.05) is 37.0 Å². The van der Waals surface area contributed by atoms with Gasteiger partial charge in [0.2, 0.25) is 0 Å². The minimum atomic E-state index is -4.10. The highest BCUT2D eigenvalue weighted by atomic mass is 32.2. The van der Waals surface area contributed by atoms with E-state index in [-0.39, 0.29) is 23.5 Å². The molecule has 168 valence electrons. The van der Waals surface area contributed by atoms with Crippen molar-refractivity contribution in [2.24, 2.45) is 10.6 Å². The molecule has 2 heterocycles. The number of hydrogen-bond donors (Lipinski definition) is 2. The number of sulfonamides is 1. The summed E-state index contributed by atoms with van der Waals surface area (Å²) in [5.41, 5.74) is -2.14. The molecule has 3 saturated carbocycles. The van der Waals surface area contributed by atoms with Gasteiger partial charge in [-0.05, 0) is 44.1 Å². The zero-order valence-electron chi connectivity index (χ0n) is 17.0. The number of aromatic nitrogens is 3. The molecule has 5 rings (SSSR count). The smallest absolute Gasteiger partial charge is 0.289 e. The number of carbonyl (C=O) groups excluding carboxylic acids is 1. The lowest BCUT2D eigenvalue weighted by Gasteiger charge is -2.42. The molecule has 3 aliphatic carbocycles. The first-order valence-corrected chi connectivity index (χ1v) is 11.2. The number of nitrogens with two attached hydrogens (primary N) is 1. The van der Waals surface area contributed by atoms with Gasteiger partial charge in [-0.2, -0.15) is 13.9 Å². The van der Waals surface area contributed by atoms with Crippen molar-refractivity contribution in [1.29, 1.82) is 0 Å². The van der Waals surface area contributed by atoms with E-state index in [2.05, 4.69) is 15.4 Å². The van der Waals surface area contributed by atoms with Gasteiger partial charge in [-0.1, -0.05) is 0 Å². The lowest BCUT2D eigenvalue weighted by Crippen LogP contribution is -2.42. The molecule has 2 aromatic heterocycles. The zero-order chi connectivity index (χ0) is 22.8. The average molecular weight is 457 g/mol. The summed E-state index contributed by atoms with van der Waals surface area (Å²) in [5, 5.41) is 11.1. The van der Waals surface area contributed by atoms with Crippen molar-refractivity contribution < 1.29 is 26.4 Å². The Morgan fingerprint density at radius 1 is 1.35 bits per heavy atom. The van der Waals surface area contributed by atoms with E-state index in [9.17, 15) is 26.4 Å². The molecule has 0 aromatic carbocycles. The van der Waals surface area contributed by atoms with Crippen LogP contribution in [-0.4, -0.2) is 34.8 Å². The van der Waals surface area contributed by atoms with E-state index in [1.807, 2.05) is 0 Å². The number of anilines is 1. The lowest BCUT2D eigenvalue weighted by atomic mass is 9.68. The third-order valence-corrected chi connectivity index (χ3v) is 6.88. The highest BCUT2D eigenvalue weighted by Gasteiger charge is 2.61. The molecule has 0 saturated heterocycles. The van der Waals surface area contributed by atoms with E-state index >= 15 is 0 Å². The van der Waals surface area contributed by atoms with Gasteiger partial charge >= 0.3 is 0 Å². The van der Waals surface area contributed by atoms with Crippen LogP contribution in [0.3, 0.4) is 0 Å². The molecular formula is C19H22F3N5O3S. The minimum absolute atomic E-state index is 0.00552. The van der Waals surface area contributed by atoms with Gasteiger partial charge in [0.05, 0.1) is 0 Å². The van der Waals surface area contributed by atoms with Crippen LogP contribution >= 0.6 is 0 Å². The van der Waals surface area contributed by atoms with Crippen molar-refractivity contribution in [3.63, 3.8) is 0 Å². The van der Waals surface area contributed by atoms with Gasteiger partial charge in [-0.25, -0.2) is 22.9 Å². The normalized spacial score (nSPS) is 25.4. The second-order valence-corrected chi connectivity index (χ2v) is 10.3. The first-order valence-electron chi connectivity index (χ1n) is 9.66. The van der Waals surface area contributed by atoms with Crippen molar-refractivity contribution in [2.45, 2.75) is 62.7 Å². The summed E-state index contributed by atoms with van der Waals surface area (Å²) in [6.45, 7) is 2.22. The number of fused-ring (bicyclic) bond motifs is 1. The Morgan fingerprint density at radius 2 is 2.03 bits per heavy atom. The van der Waals surface area contributed by atoms with E-state index in [1.54, 1.807) is 0 Å². The van der Waals surface area contributed by atoms with Crippen LogP contribution in [0.5, 0.6) is 0 Å². The number of halogens is 3.